The number of aryl methyl sites for hydroxylation is 2. The first-order chi connectivity index (χ1) is 21.4. The quantitative estimate of drug-likeness (QED) is 0.324. The third-order valence-electron chi connectivity index (χ3n) is 6.31. The van der Waals surface area contributed by atoms with Crippen LogP contribution in [0.15, 0.2) is 24.7 Å². The molecule has 0 aromatic carbocycles. The van der Waals surface area contributed by atoms with E-state index >= 15 is 0 Å². The van der Waals surface area contributed by atoms with Crippen LogP contribution in [-0.2, 0) is 39.8 Å². The van der Waals surface area contributed by atoms with Gasteiger partial charge in [-0.05, 0) is 24.8 Å². The van der Waals surface area contributed by atoms with E-state index in [4.69, 9.17) is 34.4 Å². The minimum atomic E-state index is -5.08. The van der Waals surface area contributed by atoms with Crippen molar-refractivity contribution in [2.45, 2.75) is 43.5 Å². The number of aromatic nitrogens is 4. The van der Waals surface area contributed by atoms with E-state index in [1.807, 2.05) is 17.9 Å². The fourth-order valence-corrected chi connectivity index (χ4v) is 4.22. The molecule has 2 saturated heterocycles. The van der Waals surface area contributed by atoms with Crippen LogP contribution >= 0.6 is 0 Å². The molecule has 2 aromatic heterocycles. The summed E-state index contributed by atoms with van der Waals surface area (Å²) in [5.74, 6) is -7.84. The largest absolute Gasteiger partial charge is 0.490 e. The van der Waals surface area contributed by atoms with Crippen molar-refractivity contribution in [1.29, 1.82) is 0 Å². The highest BCUT2D eigenvalue weighted by atomic mass is 19.4. The van der Waals surface area contributed by atoms with Gasteiger partial charge in [-0.3, -0.25) is 19.1 Å². The standard InChI is InChI=1S/C18H26N6O2.3C2HF3O2/c1-22-10-14(9-21-22)11-24-12-18(13-24)15(5-8-26-18)3-6-19-17(25)16-4-7-20-23(16)2;3*3-2(4,5)1(6)7/h4,7,9-10,15H,3,5-6,8,11-13H2,1-2H3,(H,19,25);3*(H,6,7). The number of nitrogens with zero attached hydrogens (tertiary/aromatic N) is 5. The Morgan fingerprint density at radius 3 is 1.79 bits per heavy atom. The maximum atomic E-state index is 12.2. The molecule has 0 saturated carbocycles. The highest BCUT2D eigenvalue weighted by Gasteiger charge is 2.52. The van der Waals surface area contributed by atoms with Gasteiger partial charge >= 0.3 is 36.4 Å². The summed E-state index contributed by atoms with van der Waals surface area (Å²) < 4.78 is 105. The zero-order chi connectivity index (χ0) is 36.4. The van der Waals surface area contributed by atoms with Gasteiger partial charge in [-0.15, -0.1) is 0 Å². The fourth-order valence-electron chi connectivity index (χ4n) is 4.22. The predicted molar refractivity (Wildman–Crippen MR) is 137 cm³/mol. The van der Waals surface area contributed by atoms with Crippen LogP contribution in [0, 0.1) is 5.92 Å². The molecule has 4 rings (SSSR count). The molecule has 1 spiro atoms. The molecule has 1 atom stereocenters. The Hall–Kier alpha value is -4.41. The molecule has 4 N–H and O–H groups in total. The van der Waals surface area contributed by atoms with Crippen molar-refractivity contribution in [3.8, 4) is 0 Å². The molecule has 4 heterocycles. The lowest BCUT2D eigenvalue weighted by Gasteiger charge is -2.50. The SMILES string of the molecule is Cn1cc(CN2CC3(C2)OCCC3CCNC(=O)c2ccnn2C)cn1.O=C(O)C(F)(F)F.O=C(O)C(F)(F)F.O=C(O)C(F)(F)F. The van der Waals surface area contributed by atoms with Gasteiger partial charge in [0.2, 0.25) is 0 Å². The number of alkyl halides is 9. The minimum Gasteiger partial charge on any atom is -0.475 e. The Balaban J connectivity index is 0.000000430. The van der Waals surface area contributed by atoms with Gasteiger partial charge in [-0.1, -0.05) is 0 Å². The van der Waals surface area contributed by atoms with E-state index in [0.717, 1.165) is 39.1 Å². The second kappa shape index (κ2) is 16.4. The number of aliphatic carboxylic acids is 3. The number of rotatable bonds is 6. The normalized spacial score (nSPS) is 17.1. The van der Waals surface area contributed by atoms with Crippen LogP contribution in [0.4, 0.5) is 39.5 Å². The summed E-state index contributed by atoms with van der Waals surface area (Å²) in [7, 11) is 3.72. The molecule has 0 radical (unpaired) electrons. The third kappa shape index (κ3) is 13.5. The molecule has 1 unspecified atom stereocenters. The highest BCUT2D eigenvalue weighted by Crippen LogP contribution is 2.42. The van der Waals surface area contributed by atoms with Crippen LogP contribution in [0.5, 0.6) is 0 Å². The molecule has 14 nitrogen and oxygen atoms in total. The summed E-state index contributed by atoms with van der Waals surface area (Å²) in [5, 5.41) is 32.7. The van der Waals surface area contributed by atoms with Crippen molar-refractivity contribution in [2.24, 2.45) is 20.0 Å². The van der Waals surface area contributed by atoms with Crippen molar-refractivity contribution in [2.75, 3.05) is 26.2 Å². The molecule has 1 amide bonds. The van der Waals surface area contributed by atoms with Crippen molar-refractivity contribution >= 4 is 23.8 Å². The van der Waals surface area contributed by atoms with Gasteiger partial charge in [-0.2, -0.15) is 49.7 Å². The first-order valence-corrected chi connectivity index (χ1v) is 12.9. The van der Waals surface area contributed by atoms with Gasteiger partial charge in [0, 0.05) is 64.8 Å². The molecule has 2 aliphatic heterocycles. The van der Waals surface area contributed by atoms with E-state index in [0.29, 0.717) is 18.2 Å². The van der Waals surface area contributed by atoms with Crippen molar-refractivity contribution in [1.82, 2.24) is 29.8 Å². The number of hydrogen-bond acceptors (Lipinski definition) is 8. The van der Waals surface area contributed by atoms with Crippen LogP contribution in [0.2, 0.25) is 0 Å². The van der Waals surface area contributed by atoms with Crippen LogP contribution in [0.1, 0.15) is 28.9 Å². The number of ether oxygens (including phenoxy) is 1. The second-order valence-electron chi connectivity index (χ2n) is 9.86. The monoisotopic (exact) mass is 700 g/mol. The number of hydrogen-bond donors (Lipinski definition) is 4. The topological polar surface area (TPSA) is 189 Å². The maximum Gasteiger partial charge on any atom is 0.490 e. The van der Waals surface area contributed by atoms with E-state index in [9.17, 15) is 44.3 Å². The smallest absolute Gasteiger partial charge is 0.475 e. The number of carboxylic acid groups (broad SMARTS) is 3. The Morgan fingerprint density at radius 1 is 0.915 bits per heavy atom. The lowest BCUT2D eigenvalue weighted by molar-refractivity contribution is -0.193. The zero-order valence-corrected chi connectivity index (χ0v) is 24.4. The number of likely N-dealkylation sites (tertiary alicyclic amines) is 1. The average Bonchev–Trinajstić information content (AvgIpc) is 3.63. The Kier molecular flexibility index (Phi) is 14.2. The van der Waals surface area contributed by atoms with Gasteiger partial charge in [0.25, 0.3) is 5.91 Å². The van der Waals surface area contributed by atoms with Gasteiger partial charge < -0.3 is 25.4 Å². The number of carbonyl (C=O) groups excluding carboxylic acids is 1. The maximum absolute atomic E-state index is 12.2. The van der Waals surface area contributed by atoms with Gasteiger partial charge in [0.05, 0.1) is 11.8 Å². The zero-order valence-electron chi connectivity index (χ0n) is 24.4. The Bertz CT molecular complexity index is 1290. The number of halogens is 9. The summed E-state index contributed by atoms with van der Waals surface area (Å²) in [6, 6.07) is 1.73. The summed E-state index contributed by atoms with van der Waals surface area (Å²) in [6.45, 7) is 4.33. The van der Waals surface area contributed by atoms with E-state index in [1.54, 1.807) is 24.0 Å². The van der Waals surface area contributed by atoms with Gasteiger partial charge in [0.1, 0.15) is 5.69 Å². The van der Waals surface area contributed by atoms with Crippen LogP contribution in [0.3, 0.4) is 0 Å². The van der Waals surface area contributed by atoms with E-state index in [1.165, 1.54) is 5.56 Å². The van der Waals surface area contributed by atoms with Crippen LogP contribution in [-0.4, -0.2) is 114 Å². The lowest BCUT2D eigenvalue weighted by atomic mass is 9.79. The minimum absolute atomic E-state index is 0.0283. The van der Waals surface area contributed by atoms with Crippen molar-refractivity contribution in [3.63, 3.8) is 0 Å². The van der Waals surface area contributed by atoms with Gasteiger partial charge in [-0.25, -0.2) is 14.4 Å². The van der Waals surface area contributed by atoms with E-state index in [-0.39, 0.29) is 11.5 Å². The summed E-state index contributed by atoms with van der Waals surface area (Å²) in [6.07, 6.45) is -7.61. The van der Waals surface area contributed by atoms with Crippen molar-refractivity contribution < 1.29 is 78.7 Å². The Morgan fingerprint density at radius 2 is 1.40 bits per heavy atom. The molecular formula is C24H29F9N6O8. The molecule has 2 fully saturated rings. The number of amides is 1. The number of carboxylic acids is 3. The number of carbonyl (C=O) groups is 4. The predicted octanol–water partition coefficient (Wildman–Crippen LogP) is 2.46. The molecule has 23 heteroatoms. The average molecular weight is 701 g/mol. The first-order valence-electron chi connectivity index (χ1n) is 12.9. The Labute approximate surface area is 258 Å². The van der Waals surface area contributed by atoms with Crippen molar-refractivity contribution in [3.05, 3.63) is 35.9 Å². The van der Waals surface area contributed by atoms with E-state index in [2.05, 4.69) is 26.6 Å². The molecule has 266 valence electrons. The number of nitrogens with one attached hydrogen (secondary N) is 1. The first kappa shape index (κ1) is 40.6. The molecule has 2 aromatic rings. The summed E-state index contributed by atoms with van der Waals surface area (Å²) >= 11 is 0. The fraction of sp³-hybridized carbons (Fsp3) is 0.583. The second-order valence-corrected chi connectivity index (χ2v) is 9.86. The van der Waals surface area contributed by atoms with E-state index < -0.39 is 36.4 Å². The lowest BCUT2D eigenvalue weighted by Crippen LogP contribution is -2.64. The van der Waals surface area contributed by atoms with Crippen LogP contribution in [0.25, 0.3) is 0 Å². The molecule has 0 bridgehead atoms. The third-order valence-corrected chi connectivity index (χ3v) is 6.31. The molecule has 47 heavy (non-hydrogen) atoms. The molecule has 0 aliphatic carbocycles. The summed E-state index contributed by atoms with van der Waals surface area (Å²) in [5.41, 5.74) is 1.80. The van der Waals surface area contributed by atoms with Crippen LogP contribution < -0.4 is 5.32 Å². The summed E-state index contributed by atoms with van der Waals surface area (Å²) in [4.78, 5) is 41.3. The van der Waals surface area contributed by atoms with Gasteiger partial charge in [0.15, 0.2) is 0 Å². The molecular weight excluding hydrogens is 671 g/mol. The molecule has 2 aliphatic rings. The highest BCUT2D eigenvalue weighted by molar-refractivity contribution is 5.92.